The second kappa shape index (κ2) is 4.23. The minimum absolute atomic E-state index is 0.0474. The summed E-state index contributed by atoms with van der Waals surface area (Å²) in [7, 11) is 0. The summed E-state index contributed by atoms with van der Waals surface area (Å²) in [5, 5.41) is 9.72. The van der Waals surface area contributed by atoms with Crippen LogP contribution in [0.2, 0.25) is 0 Å². The highest BCUT2D eigenvalue weighted by molar-refractivity contribution is 5.92. The zero-order chi connectivity index (χ0) is 9.80. The largest absolute Gasteiger partial charge is 0.336 e. The number of carbonyl (C=O) groups excluding carboxylic acids is 1. The van der Waals surface area contributed by atoms with Gasteiger partial charge in [-0.3, -0.25) is 9.89 Å². The first kappa shape index (κ1) is 9.21. The highest BCUT2D eigenvalue weighted by atomic mass is 16.2. The quantitative estimate of drug-likeness (QED) is 0.653. The van der Waals surface area contributed by atoms with Crippen LogP contribution in [0, 0.1) is 0 Å². The molecule has 2 N–H and O–H groups in total. The molecular weight excluding hydrogens is 180 g/mol. The zero-order valence-corrected chi connectivity index (χ0v) is 7.99. The zero-order valence-electron chi connectivity index (χ0n) is 7.99. The van der Waals surface area contributed by atoms with Crippen LogP contribution in [0.25, 0.3) is 0 Å². The molecule has 0 bridgehead atoms. The lowest BCUT2D eigenvalue weighted by Crippen LogP contribution is -2.34. The molecule has 1 saturated heterocycles. The van der Waals surface area contributed by atoms with E-state index in [-0.39, 0.29) is 5.91 Å². The normalized spacial score (nSPS) is 17.9. The molecule has 0 atom stereocenters. The minimum atomic E-state index is 0.0474. The monoisotopic (exact) mass is 194 g/mol. The third-order valence-electron chi connectivity index (χ3n) is 2.36. The third kappa shape index (κ3) is 1.93. The van der Waals surface area contributed by atoms with Gasteiger partial charge in [-0.25, -0.2) is 0 Å². The summed E-state index contributed by atoms with van der Waals surface area (Å²) in [6, 6.07) is 1.71. The maximum absolute atomic E-state index is 11.8. The van der Waals surface area contributed by atoms with Crippen LogP contribution in [0.4, 0.5) is 0 Å². The molecule has 0 radical (unpaired) electrons. The van der Waals surface area contributed by atoms with Gasteiger partial charge in [-0.15, -0.1) is 0 Å². The summed E-state index contributed by atoms with van der Waals surface area (Å²) in [6.45, 7) is 3.47. The van der Waals surface area contributed by atoms with E-state index in [1.165, 1.54) is 0 Å². The van der Waals surface area contributed by atoms with E-state index in [1.807, 2.05) is 4.90 Å². The van der Waals surface area contributed by atoms with Gasteiger partial charge in [0.05, 0.1) is 0 Å². The van der Waals surface area contributed by atoms with Gasteiger partial charge in [0.25, 0.3) is 5.91 Å². The van der Waals surface area contributed by atoms with Crippen molar-refractivity contribution >= 4 is 5.91 Å². The Kier molecular flexibility index (Phi) is 2.78. The van der Waals surface area contributed by atoms with E-state index in [1.54, 1.807) is 12.3 Å². The van der Waals surface area contributed by atoms with Crippen molar-refractivity contribution in [1.82, 2.24) is 20.4 Å². The Morgan fingerprint density at radius 3 is 3.14 bits per heavy atom. The Balaban J connectivity index is 2.03. The van der Waals surface area contributed by atoms with Crippen molar-refractivity contribution in [3.8, 4) is 0 Å². The first-order valence-electron chi connectivity index (χ1n) is 4.87. The van der Waals surface area contributed by atoms with E-state index in [0.29, 0.717) is 5.69 Å². The predicted molar refractivity (Wildman–Crippen MR) is 52.0 cm³/mol. The lowest BCUT2D eigenvalue weighted by molar-refractivity contribution is 0.0760. The van der Waals surface area contributed by atoms with Crippen molar-refractivity contribution in [2.45, 2.75) is 6.42 Å². The Labute approximate surface area is 82.5 Å². The molecule has 14 heavy (non-hydrogen) atoms. The van der Waals surface area contributed by atoms with Crippen LogP contribution >= 0.6 is 0 Å². The predicted octanol–water partition coefficient (Wildman–Crippen LogP) is -0.155. The summed E-state index contributed by atoms with van der Waals surface area (Å²) in [5.74, 6) is 0.0474. The van der Waals surface area contributed by atoms with E-state index >= 15 is 0 Å². The van der Waals surface area contributed by atoms with Gasteiger partial charge in [0.1, 0.15) is 5.69 Å². The van der Waals surface area contributed by atoms with Crippen LogP contribution in [-0.4, -0.2) is 47.2 Å². The topological polar surface area (TPSA) is 61.0 Å². The van der Waals surface area contributed by atoms with E-state index in [4.69, 9.17) is 0 Å². The minimum Gasteiger partial charge on any atom is -0.336 e. The van der Waals surface area contributed by atoms with Gasteiger partial charge < -0.3 is 10.2 Å². The van der Waals surface area contributed by atoms with Crippen LogP contribution in [0.1, 0.15) is 16.9 Å². The number of aromatic nitrogens is 2. The molecule has 2 heterocycles. The number of H-pyrrole nitrogens is 1. The number of hydrogen-bond donors (Lipinski definition) is 2. The standard InChI is InChI=1S/C9H14N4O/c14-9(8-2-4-11-12-8)13-6-1-3-10-5-7-13/h2,4,10H,1,3,5-7H2,(H,11,12). The molecule has 5 nitrogen and oxygen atoms in total. The number of hydrogen-bond acceptors (Lipinski definition) is 3. The fraction of sp³-hybridized carbons (Fsp3) is 0.556. The molecule has 5 heteroatoms. The van der Waals surface area contributed by atoms with Crippen LogP contribution in [0.3, 0.4) is 0 Å². The van der Waals surface area contributed by atoms with E-state index < -0.39 is 0 Å². The maximum Gasteiger partial charge on any atom is 0.271 e. The fourth-order valence-corrected chi connectivity index (χ4v) is 1.59. The first-order valence-corrected chi connectivity index (χ1v) is 4.87. The molecule has 0 spiro atoms. The van der Waals surface area contributed by atoms with Gasteiger partial charge in [-0.1, -0.05) is 0 Å². The average Bonchev–Trinajstić information content (AvgIpc) is 2.59. The smallest absolute Gasteiger partial charge is 0.271 e. The Morgan fingerprint density at radius 2 is 2.36 bits per heavy atom. The molecule has 1 aromatic heterocycles. The molecule has 1 fully saturated rings. The summed E-state index contributed by atoms with van der Waals surface area (Å²) in [6.07, 6.45) is 2.61. The molecule has 1 aliphatic rings. The molecule has 1 aromatic rings. The Bertz CT molecular complexity index is 288. The van der Waals surface area contributed by atoms with Crippen molar-refractivity contribution in [3.63, 3.8) is 0 Å². The molecule has 0 saturated carbocycles. The van der Waals surface area contributed by atoms with Crippen LogP contribution < -0.4 is 5.32 Å². The molecule has 1 amide bonds. The van der Waals surface area contributed by atoms with Crippen molar-refractivity contribution in [2.75, 3.05) is 26.2 Å². The van der Waals surface area contributed by atoms with Crippen molar-refractivity contribution in [3.05, 3.63) is 18.0 Å². The second-order valence-electron chi connectivity index (χ2n) is 3.37. The Morgan fingerprint density at radius 1 is 1.43 bits per heavy atom. The summed E-state index contributed by atoms with van der Waals surface area (Å²) in [4.78, 5) is 13.7. The third-order valence-corrected chi connectivity index (χ3v) is 2.36. The number of nitrogens with zero attached hydrogens (tertiary/aromatic N) is 2. The lowest BCUT2D eigenvalue weighted by Gasteiger charge is -2.18. The summed E-state index contributed by atoms with van der Waals surface area (Å²) >= 11 is 0. The highest BCUT2D eigenvalue weighted by Gasteiger charge is 2.17. The van der Waals surface area contributed by atoms with Gasteiger partial charge >= 0.3 is 0 Å². The number of carbonyl (C=O) groups is 1. The highest BCUT2D eigenvalue weighted by Crippen LogP contribution is 2.02. The molecular formula is C9H14N4O. The Hall–Kier alpha value is -1.36. The van der Waals surface area contributed by atoms with E-state index in [0.717, 1.165) is 32.6 Å². The molecule has 76 valence electrons. The SMILES string of the molecule is O=C(c1ccn[nH]1)N1CCCNCC1. The van der Waals surface area contributed by atoms with Gasteiger partial charge in [0.15, 0.2) is 0 Å². The number of aromatic amines is 1. The van der Waals surface area contributed by atoms with Crippen molar-refractivity contribution in [1.29, 1.82) is 0 Å². The van der Waals surface area contributed by atoms with Gasteiger partial charge in [-0.2, -0.15) is 5.10 Å². The van der Waals surface area contributed by atoms with Crippen molar-refractivity contribution in [2.24, 2.45) is 0 Å². The van der Waals surface area contributed by atoms with Gasteiger partial charge in [0, 0.05) is 25.8 Å². The molecule has 0 aromatic carbocycles. The second-order valence-corrected chi connectivity index (χ2v) is 3.37. The van der Waals surface area contributed by atoms with Crippen molar-refractivity contribution < 1.29 is 4.79 Å². The van der Waals surface area contributed by atoms with Gasteiger partial charge in [0.2, 0.25) is 0 Å². The molecule has 2 rings (SSSR count). The van der Waals surface area contributed by atoms with E-state index in [2.05, 4.69) is 15.5 Å². The first-order chi connectivity index (χ1) is 6.88. The molecule has 1 aliphatic heterocycles. The maximum atomic E-state index is 11.8. The molecule has 0 unspecified atom stereocenters. The van der Waals surface area contributed by atoms with Crippen LogP contribution in [0.5, 0.6) is 0 Å². The average molecular weight is 194 g/mol. The molecule has 0 aliphatic carbocycles. The number of nitrogens with one attached hydrogen (secondary N) is 2. The van der Waals surface area contributed by atoms with Gasteiger partial charge in [-0.05, 0) is 19.0 Å². The fourth-order valence-electron chi connectivity index (χ4n) is 1.59. The van der Waals surface area contributed by atoms with Crippen LogP contribution in [-0.2, 0) is 0 Å². The van der Waals surface area contributed by atoms with Crippen LogP contribution in [0.15, 0.2) is 12.3 Å². The summed E-state index contributed by atoms with van der Waals surface area (Å²) < 4.78 is 0. The summed E-state index contributed by atoms with van der Waals surface area (Å²) in [5.41, 5.74) is 0.576. The number of amides is 1. The van der Waals surface area contributed by atoms with E-state index in [9.17, 15) is 4.79 Å². The lowest BCUT2D eigenvalue weighted by atomic mass is 10.3. The number of rotatable bonds is 1.